The molecule has 0 bridgehead atoms. The second-order valence-electron chi connectivity index (χ2n) is 17.9. The Bertz CT molecular complexity index is 2390. The van der Waals surface area contributed by atoms with Gasteiger partial charge in [-0.25, -0.2) is 5.06 Å². The molecule has 3 aromatic carbocycles. The molecule has 0 spiro atoms. The van der Waals surface area contributed by atoms with Crippen LogP contribution in [-0.4, -0.2) is 150 Å². The Hall–Kier alpha value is -7.07. The number of nitrogens with one attached hydrogen (secondary N) is 5. The number of nitrogens with zero attached hydrogens (tertiary/aromatic N) is 3. The van der Waals surface area contributed by atoms with Crippen LogP contribution in [-0.2, 0) is 28.8 Å². The third-order valence-electron chi connectivity index (χ3n) is 11.8. The molecule has 0 saturated carbocycles. The van der Waals surface area contributed by atoms with Gasteiger partial charge >= 0.3 is 0 Å². The topological polar surface area (TPSA) is 308 Å². The highest BCUT2D eigenvalue weighted by molar-refractivity contribution is 8.01. The SMILES string of the molecule is CC1(C)CN2C(=O)[C@@H](NC(=O)[C@H](NC(=O)CCC(=O)N(O)CCCCCNC(=O)CCC(=O)N(CCCCNC(=O)c3cccc(O)c3O)CCCNC(=O)c3cccc(O)c3O)c3ccccc3)C2S1. The molecule has 2 aliphatic rings. The van der Waals surface area contributed by atoms with Gasteiger partial charge in [-0.2, -0.15) is 0 Å². The van der Waals surface area contributed by atoms with E-state index < -0.39 is 64.6 Å². The van der Waals surface area contributed by atoms with Crippen molar-refractivity contribution in [3.8, 4) is 23.0 Å². The van der Waals surface area contributed by atoms with Crippen LogP contribution in [0.2, 0.25) is 0 Å². The first-order valence-electron chi connectivity index (χ1n) is 23.6. The smallest absolute Gasteiger partial charge is 0.255 e. The van der Waals surface area contributed by atoms with Gasteiger partial charge in [0.1, 0.15) is 17.5 Å². The highest BCUT2D eigenvalue weighted by Crippen LogP contribution is 2.46. The summed E-state index contributed by atoms with van der Waals surface area (Å²) >= 11 is 1.60. The maximum absolute atomic E-state index is 13.5. The number of thioether (sulfide) groups is 1. The molecule has 384 valence electrons. The number of fused-ring (bicyclic) bond motifs is 1. The lowest BCUT2D eigenvalue weighted by Gasteiger charge is -2.42. The normalized spacial score (nSPS) is 15.9. The molecule has 0 aromatic heterocycles. The van der Waals surface area contributed by atoms with Gasteiger partial charge < -0.3 is 56.8 Å². The molecule has 2 heterocycles. The van der Waals surface area contributed by atoms with Crippen molar-refractivity contribution in [3.63, 3.8) is 0 Å². The molecule has 0 aliphatic carbocycles. The van der Waals surface area contributed by atoms with E-state index in [1.807, 2.05) is 13.8 Å². The van der Waals surface area contributed by atoms with Gasteiger partial charge in [0.25, 0.3) is 11.8 Å². The van der Waals surface area contributed by atoms with Crippen LogP contribution < -0.4 is 26.6 Å². The van der Waals surface area contributed by atoms with Crippen LogP contribution in [0.25, 0.3) is 0 Å². The zero-order valence-corrected chi connectivity index (χ0v) is 40.7. The third-order valence-corrected chi connectivity index (χ3v) is 13.4. The van der Waals surface area contributed by atoms with Gasteiger partial charge in [-0.15, -0.1) is 11.8 Å². The van der Waals surface area contributed by atoms with Crippen molar-refractivity contribution in [3.05, 3.63) is 83.4 Å². The fourth-order valence-corrected chi connectivity index (χ4v) is 9.45. The molecular weight excluding hydrogens is 941 g/mol. The van der Waals surface area contributed by atoms with Crippen molar-refractivity contribution in [2.75, 3.05) is 45.8 Å². The summed E-state index contributed by atoms with van der Waals surface area (Å²) in [5.74, 6) is -5.86. The third kappa shape index (κ3) is 16.0. The van der Waals surface area contributed by atoms with Crippen molar-refractivity contribution >= 4 is 59.0 Å². The van der Waals surface area contributed by atoms with Crippen LogP contribution in [0.5, 0.6) is 23.0 Å². The fraction of sp³-hybridized carbons (Fsp3) is 0.469. The maximum atomic E-state index is 13.5. The Morgan fingerprint density at radius 3 is 1.86 bits per heavy atom. The number of para-hydroxylation sites is 2. The number of phenols is 4. The Balaban J connectivity index is 0.979. The summed E-state index contributed by atoms with van der Waals surface area (Å²) in [6.45, 7) is 5.70. The first kappa shape index (κ1) is 54.9. The molecule has 3 atom stereocenters. The number of carbonyl (C=O) groups excluding carboxylic acids is 8. The maximum Gasteiger partial charge on any atom is 0.255 e. The van der Waals surface area contributed by atoms with Gasteiger partial charge in [-0.1, -0.05) is 42.5 Å². The number of phenolic OH excluding ortho intramolecular Hbond substituents is 4. The zero-order chi connectivity index (χ0) is 51.7. The number of rotatable bonds is 27. The molecule has 0 radical (unpaired) electrons. The average molecular weight is 1010 g/mol. The van der Waals surface area contributed by atoms with Crippen LogP contribution >= 0.6 is 11.8 Å². The molecule has 10 N–H and O–H groups in total. The van der Waals surface area contributed by atoms with E-state index >= 15 is 0 Å². The van der Waals surface area contributed by atoms with Gasteiger partial charge in [0.15, 0.2) is 23.0 Å². The molecule has 3 aromatic rings. The molecule has 21 nitrogen and oxygen atoms in total. The number of amides is 8. The number of β-lactam (4-membered cyclic amide) rings is 1. The summed E-state index contributed by atoms with van der Waals surface area (Å²) in [4.78, 5) is 106. The van der Waals surface area contributed by atoms with Gasteiger partial charge in [0.2, 0.25) is 35.4 Å². The summed E-state index contributed by atoms with van der Waals surface area (Å²) in [5.41, 5.74) is 0.294. The van der Waals surface area contributed by atoms with E-state index in [-0.39, 0.29) is 104 Å². The van der Waals surface area contributed by atoms with E-state index in [9.17, 15) is 64.0 Å². The first-order chi connectivity index (χ1) is 33.9. The highest BCUT2D eigenvalue weighted by atomic mass is 32.2. The van der Waals surface area contributed by atoms with Crippen LogP contribution in [0.4, 0.5) is 0 Å². The van der Waals surface area contributed by atoms with Gasteiger partial charge in [0, 0.05) is 76.2 Å². The number of carbonyl (C=O) groups is 8. The summed E-state index contributed by atoms with van der Waals surface area (Å²) in [5, 5.41) is 63.7. The second kappa shape index (κ2) is 26.2. The van der Waals surface area contributed by atoms with E-state index in [1.165, 1.54) is 36.4 Å². The van der Waals surface area contributed by atoms with Crippen LogP contribution in [0.1, 0.15) is 110 Å². The molecule has 2 fully saturated rings. The van der Waals surface area contributed by atoms with Crippen molar-refractivity contribution in [1.82, 2.24) is 41.4 Å². The predicted molar refractivity (Wildman–Crippen MR) is 260 cm³/mol. The lowest BCUT2D eigenvalue weighted by molar-refractivity contribution is -0.166. The largest absolute Gasteiger partial charge is 0.504 e. The van der Waals surface area contributed by atoms with Gasteiger partial charge in [-0.3, -0.25) is 43.6 Å². The first-order valence-corrected chi connectivity index (χ1v) is 24.5. The summed E-state index contributed by atoms with van der Waals surface area (Å²) in [6, 6.07) is 14.8. The Morgan fingerprint density at radius 2 is 1.21 bits per heavy atom. The molecule has 1 unspecified atom stereocenters. The van der Waals surface area contributed by atoms with E-state index in [4.69, 9.17) is 0 Å². The lowest BCUT2D eigenvalue weighted by atomic mass is 10.0. The molecule has 22 heteroatoms. The zero-order valence-electron chi connectivity index (χ0n) is 39.9. The van der Waals surface area contributed by atoms with Crippen molar-refractivity contribution < 1.29 is 64.0 Å². The number of benzene rings is 3. The molecule has 71 heavy (non-hydrogen) atoms. The van der Waals surface area contributed by atoms with E-state index in [2.05, 4.69) is 26.6 Å². The van der Waals surface area contributed by atoms with Crippen molar-refractivity contribution in [2.24, 2.45) is 0 Å². The monoisotopic (exact) mass is 1000 g/mol. The number of hydrogen-bond donors (Lipinski definition) is 10. The van der Waals surface area contributed by atoms with Gasteiger partial charge in [0.05, 0.1) is 11.1 Å². The fourth-order valence-electron chi connectivity index (χ4n) is 7.96. The van der Waals surface area contributed by atoms with E-state index in [0.717, 1.165) is 0 Å². The number of aromatic hydroxyl groups is 4. The lowest BCUT2D eigenvalue weighted by Crippen LogP contribution is -2.68. The minimum atomic E-state index is -1.11. The Kier molecular flexibility index (Phi) is 20.3. The Labute approximate surface area is 415 Å². The summed E-state index contributed by atoms with van der Waals surface area (Å²) in [6.07, 6.45) is 1.81. The number of hydroxylamine groups is 2. The number of unbranched alkanes of at least 4 members (excludes halogenated alkanes) is 3. The minimum absolute atomic E-state index is 0.0221. The minimum Gasteiger partial charge on any atom is -0.504 e. The average Bonchev–Trinajstić information content (AvgIpc) is 3.64. The molecule has 2 saturated heterocycles. The molecule has 5 rings (SSSR count). The van der Waals surface area contributed by atoms with Crippen molar-refractivity contribution in [2.45, 2.75) is 100 Å². The molecule has 8 amide bonds. The van der Waals surface area contributed by atoms with Crippen LogP contribution in [0.3, 0.4) is 0 Å². The Morgan fingerprint density at radius 1 is 0.662 bits per heavy atom. The van der Waals surface area contributed by atoms with E-state index in [0.29, 0.717) is 55.7 Å². The standard InChI is InChI=1S/C49H64N8O13S/c1-49(2)30-56-47(69)41(48(56)71-49)54-46(68)40(31-14-5-3-6-15-31)53-37(61)21-23-39(63)57(70)29-9-4-7-24-50-36(60)20-22-38(62)55(28-13-26-52-45(67)33-17-12-19-35(59)43(33)65)27-10-8-25-51-44(66)32-16-11-18-34(58)42(32)64/h3,5-6,11-12,14-19,40-41,48,58-59,64-65,70H,4,7-10,13,20-30H2,1-2H3,(H,50,60)(H,51,66)(H,52,67)(H,53,61)(H,54,68)/t40-,41-,48?/m1/s1. The molecular formula is C49H64N8O13S. The molecule has 2 aliphatic heterocycles. The summed E-state index contributed by atoms with van der Waals surface area (Å²) < 4.78 is -0.145. The van der Waals surface area contributed by atoms with Gasteiger partial charge in [-0.05, 0) is 82.2 Å². The highest BCUT2D eigenvalue weighted by Gasteiger charge is 2.56. The van der Waals surface area contributed by atoms with Crippen LogP contribution in [0.15, 0.2) is 66.7 Å². The predicted octanol–water partition coefficient (Wildman–Crippen LogP) is 2.77. The second-order valence-corrected chi connectivity index (χ2v) is 19.7. The summed E-state index contributed by atoms with van der Waals surface area (Å²) in [7, 11) is 0. The van der Waals surface area contributed by atoms with Crippen LogP contribution in [0, 0.1) is 0 Å². The number of hydrogen-bond acceptors (Lipinski definition) is 14. The van der Waals surface area contributed by atoms with Crippen molar-refractivity contribution in [1.29, 1.82) is 0 Å². The van der Waals surface area contributed by atoms with E-state index in [1.54, 1.807) is 51.9 Å². The quantitative estimate of drug-likeness (QED) is 0.0173.